The van der Waals surface area contributed by atoms with E-state index in [4.69, 9.17) is 21.1 Å². The van der Waals surface area contributed by atoms with Gasteiger partial charge in [-0.2, -0.15) is 0 Å². The second-order valence-corrected chi connectivity index (χ2v) is 14.9. The average Bonchev–Trinajstić information content (AvgIpc) is 3.22. The Hall–Kier alpha value is -4.54. The number of likely N-dealkylation sites (tertiary alicyclic amines) is 1. The number of ether oxygens (including phenoxy) is 2. The van der Waals surface area contributed by atoms with Crippen molar-refractivity contribution in [1.82, 2.24) is 15.5 Å². The number of urea groups is 1. The maximum Gasteiger partial charge on any atom is 0.315 e. The number of aliphatic hydroxyl groups excluding tert-OH is 1. The summed E-state index contributed by atoms with van der Waals surface area (Å²) >= 11 is 6.12. The molecule has 0 bridgehead atoms. The lowest BCUT2D eigenvalue weighted by Crippen LogP contribution is -2.49. The van der Waals surface area contributed by atoms with E-state index in [9.17, 15) is 15.0 Å². The minimum Gasteiger partial charge on any atom is -0.392 e. The SMILES string of the molecule is CC1C(CN2CCC(O)(c3ccc(Cl)cc3)CC2)OC(c2ccc(-c3ccccc3CNC(=O)NCc3ccccc3)cc2)OC1c1ccc(CO)cc1. The highest BCUT2D eigenvalue weighted by Crippen LogP contribution is 2.43. The van der Waals surface area contributed by atoms with Gasteiger partial charge in [-0.1, -0.05) is 134 Å². The van der Waals surface area contributed by atoms with Crippen molar-refractivity contribution in [2.75, 3.05) is 19.6 Å². The van der Waals surface area contributed by atoms with Gasteiger partial charge in [0.05, 0.1) is 24.4 Å². The van der Waals surface area contributed by atoms with E-state index in [2.05, 4.69) is 52.8 Å². The van der Waals surface area contributed by atoms with Gasteiger partial charge in [0.2, 0.25) is 0 Å². The zero-order valence-electron chi connectivity index (χ0n) is 30.5. The molecule has 8 nitrogen and oxygen atoms in total. The fourth-order valence-corrected chi connectivity index (χ4v) is 7.65. The molecule has 5 aromatic carbocycles. The number of aliphatic hydroxyl groups is 2. The summed E-state index contributed by atoms with van der Waals surface area (Å²) in [4.78, 5) is 15.0. The molecule has 0 aliphatic carbocycles. The van der Waals surface area contributed by atoms with E-state index in [-0.39, 0.29) is 30.8 Å². The monoisotopic (exact) mass is 745 g/mol. The van der Waals surface area contributed by atoms with E-state index in [0.717, 1.165) is 57.6 Å². The number of halogens is 1. The number of rotatable bonds is 11. The zero-order valence-corrected chi connectivity index (χ0v) is 31.3. The van der Waals surface area contributed by atoms with Gasteiger partial charge in [-0.3, -0.25) is 0 Å². The van der Waals surface area contributed by atoms with E-state index in [0.29, 0.717) is 37.5 Å². The summed E-state index contributed by atoms with van der Waals surface area (Å²) in [5.74, 6) is 0.0434. The third-order valence-electron chi connectivity index (χ3n) is 10.9. The highest BCUT2D eigenvalue weighted by Gasteiger charge is 2.41. The molecular formula is C45H48ClN3O5. The van der Waals surface area contributed by atoms with Gasteiger partial charge >= 0.3 is 6.03 Å². The summed E-state index contributed by atoms with van der Waals surface area (Å²) in [5.41, 5.74) is 6.95. The normalized spacial score (nSPS) is 21.3. The summed E-state index contributed by atoms with van der Waals surface area (Å²) in [5, 5.41) is 27.8. The molecule has 2 saturated heterocycles. The number of carbonyl (C=O) groups excluding carboxylic acids is 1. The molecule has 2 amide bonds. The van der Waals surface area contributed by atoms with Crippen molar-refractivity contribution >= 4 is 17.6 Å². The first kappa shape index (κ1) is 37.8. The lowest BCUT2D eigenvalue weighted by Gasteiger charge is -2.45. The van der Waals surface area contributed by atoms with Crippen molar-refractivity contribution in [3.05, 3.63) is 166 Å². The minimum atomic E-state index is -0.881. The summed E-state index contributed by atoms with van der Waals surface area (Å²) in [6.45, 7) is 5.20. The Bertz CT molecular complexity index is 1970. The molecule has 5 aromatic rings. The fraction of sp³-hybridized carbons (Fsp3) is 0.311. The van der Waals surface area contributed by atoms with Crippen molar-refractivity contribution in [2.45, 2.75) is 63.6 Å². The van der Waals surface area contributed by atoms with Crippen molar-refractivity contribution in [2.24, 2.45) is 5.92 Å². The number of carbonyl (C=O) groups is 1. The molecule has 4 atom stereocenters. The highest BCUT2D eigenvalue weighted by atomic mass is 35.5. The van der Waals surface area contributed by atoms with Crippen LogP contribution in [0.15, 0.2) is 127 Å². The lowest BCUT2D eigenvalue weighted by molar-refractivity contribution is -0.277. The molecule has 2 fully saturated rings. The molecule has 9 heteroatoms. The Kier molecular flexibility index (Phi) is 12.1. The quantitative estimate of drug-likeness (QED) is 0.109. The zero-order chi connectivity index (χ0) is 37.5. The molecule has 280 valence electrons. The van der Waals surface area contributed by atoms with E-state index in [1.807, 2.05) is 97.1 Å². The van der Waals surface area contributed by atoms with Crippen LogP contribution >= 0.6 is 11.6 Å². The van der Waals surface area contributed by atoms with Crippen molar-refractivity contribution < 1.29 is 24.5 Å². The Morgan fingerprint density at radius 3 is 2.13 bits per heavy atom. The van der Waals surface area contributed by atoms with Crippen LogP contribution in [0.1, 0.15) is 65.5 Å². The molecule has 0 spiro atoms. The van der Waals surface area contributed by atoms with Gasteiger partial charge in [0.1, 0.15) is 0 Å². The first-order valence-corrected chi connectivity index (χ1v) is 19.1. The number of hydrogen-bond acceptors (Lipinski definition) is 6. The molecule has 4 N–H and O–H groups in total. The largest absolute Gasteiger partial charge is 0.392 e. The van der Waals surface area contributed by atoms with Gasteiger partial charge in [-0.25, -0.2) is 4.79 Å². The number of nitrogens with one attached hydrogen (secondary N) is 2. The van der Waals surface area contributed by atoms with Crippen LogP contribution in [0, 0.1) is 5.92 Å². The summed E-state index contributed by atoms with van der Waals surface area (Å²) in [7, 11) is 0. The molecule has 2 heterocycles. The van der Waals surface area contributed by atoms with Crippen LogP contribution in [0.25, 0.3) is 11.1 Å². The van der Waals surface area contributed by atoms with E-state index in [1.165, 1.54) is 0 Å². The van der Waals surface area contributed by atoms with Gasteiger partial charge in [0.25, 0.3) is 0 Å². The predicted molar refractivity (Wildman–Crippen MR) is 211 cm³/mol. The predicted octanol–water partition coefficient (Wildman–Crippen LogP) is 8.27. The average molecular weight is 746 g/mol. The second kappa shape index (κ2) is 17.3. The van der Waals surface area contributed by atoms with Gasteiger partial charge in [-0.05, 0) is 63.9 Å². The van der Waals surface area contributed by atoms with Crippen LogP contribution in [0.4, 0.5) is 4.79 Å². The molecule has 4 unspecified atom stereocenters. The smallest absolute Gasteiger partial charge is 0.315 e. The maximum atomic E-state index is 12.6. The summed E-state index contributed by atoms with van der Waals surface area (Å²) < 4.78 is 13.5. The van der Waals surface area contributed by atoms with E-state index < -0.39 is 11.9 Å². The van der Waals surface area contributed by atoms with Crippen LogP contribution in [-0.2, 0) is 34.8 Å². The topological polar surface area (TPSA) is 103 Å². The first-order chi connectivity index (χ1) is 26.3. The highest BCUT2D eigenvalue weighted by molar-refractivity contribution is 6.30. The van der Waals surface area contributed by atoms with Crippen LogP contribution in [0.3, 0.4) is 0 Å². The summed E-state index contributed by atoms with van der Waals surface area (Å²) in [6.07, 6.45) is 0.296. The van der Waals surface area contributed by atoms with Crippen LogP contribution < -0.4 is 10.6 Å². The van der Waals surface area contributed by atoms with Gasteiger partial charge in [-0.15, -0.1) is 0 Å². The Morgan fingerprint density at radius 1 is 0.778 bits per heavy atom. The molecule has 7 rings (SSSR count). The Balaban J connectivity index is 1.04. The first-order valence-electron chi connectivity index (χ1n) is 18.7. The number of benzene rings is 5. The molecule has 2 aliphatic heterocycles. The van der Waals surface area contributed by atoms with Gasteiger partial charge < -0.3 is 35.2 Å². The van der Waals surface area contributed by atoms with Crippen molar-refractivity contribution in [3.63, 3.8) is 0 Å². The molecule has 0 saturated carbocycles. The number of hydrogen-bond donors (Lipinski definition) is 4. The van der Waals surface area contributed by atoms with Crippen LogP contribution in [-0.4, -0.2) is 46.9 Å². The van der Waals surface area contributed by atoms with Gasteiger partial charge in [0.15, 0.2) is 6.29 Å². The Morgan fingerprint density at radius 2 is 1.43 bits per heavy atom. The third kappa shape index (κ3) is 9.04. The number of piperidine rings is 1. The van der Waals surface area contributed by atoms with Crippen molar-refractivity contribution in [3.8, 4) is 11.1 Å². The molecular weight excluding hydrogens is 698 g/mol. The summed E-state index contributed by atoms with van der Waals surface area (Å²) in [6, 6.07) is 41.5. The lowest BCUT2D eigenvalue weighted by atomic mass is 9.84. The minimum absolute atomic E-state index is 0.0138. The van der Waals surface area contributed by atoms with Gasteiger partial charge in [0, 0.05) is 49.2 Å². The second-order valence-electron chi connectivity index (χ2n) is 14.5. The number of nitrogens with zero attached hydrogens (tertiary/aromatic N) is 1. The van der Waals surface area contributed by atoms with Crippen LogP contribution in [0.5, 0.6) is 0 Å². The molecule has 2 aliphatic rings. The third-order valence-corrected chi connectivity index (χ3v) is 11.1. The Labute approximate surface area is 322 Å². The number of amides is 2. The molecule has 54 heavy (non-hydrogen) atoms. The van der Waals surface area contributed by atoms with Crippen molar-refractivity contribution in [1.29, 1.82) is 0 Å². The molecule has 0 aromatic heterocycles. The standard InChI is InChI=1S/C45H48ClN3O5/c1-31-41(29-49-25-23-45(52,24-26-49)38-19-21-39(46)22-20-38)53-43(54-42(31)35-13-11-33(30-50)12-14-35)36-17-15-34(16-18-36)40-10-6-5-9-37(40)28-48-44(51)47-27-32-7-3-2-4-8-32/h2-22,31,41-43,50,52H,23-30H2,1H3,(H2,47,48,51). The van der Waals surface area contributed by atoms with Crippen LogP contribution in [0.2, 0.25) is 5.02 Å². The van der Waals surface area contributed by atoms with E-state index >= 15 is 0 Å². The molecule has 0 radical (unpaired) electrons. The van der Waals surface area contributed by atoms with E-state index in [1.54, 1.807) is 0 Å². The fourth-order valence-electron chi connectivity index (χ4n) is 7.53. The maximum absolute atomic E-state index is 12.6.